The lowest BCUT2D eigenvalue weighted by Gasteiger charge is -2.11. The highest BCUT2D eigenvalue weighted by atomic mass is 16.5. The summed E-state index contributed by atoms with van der Waals surface area (Å²) in [5.74, 6) is 0.241. The molecule has 0 atom stereocenters. The summed E-state index contributed by atoms with van der Waals surface area (Å²) in [5.41, 5.74) is 1.48. The minimum atomic E-state index is -0.136. The first-order valence-corrected chi connectivity index (χ1v) is 8.67. The van der Waals surface area contributed by atoms with Crippen LogP contribution in [0, 0.1) is 0 Å². The molecule has 0 bridgehead atoms. The van der Waals surface area contributed by atoms with Gasteiger partial charge in [0.1, 0.15) is 5.75 Å². The van der Waals surface area contributed by atoms with E-state index in [-0.39, 0.29) is 18.3 Å². The van der Waals surface area contributed by atoms with Gasteiger partial charge in [0, 0.05) is 19.7 Å². The largest absolute Gasteiger partial charge is 0.484 e. The number of hydrogen-bond donors (Lipinski definition) is 0. The van der Waals surface area contributed by atoms with Crippen LogP contribution in [0.25, 0.3) is 16.8 Å². The van der Waals surface area contributed by atoms with Crippen molar-refractivity contribution in [3.05, 3.63) is 83.9 Å². The molecular formula is C23H21NO3. The summed E-state index contributed by atoms with van der Waals surface area (Å²) < 4.78 is 5.46. The minimum absolute atomic E-state index is 0.0580. The molecule has 0 N–H and O–H groups in total. The molecule has 0 heterocycles. The van der Waals surface area contributed by atoms with Gasteiger partial charge in [0.15, 0.2) is 12.4 Å². The van der Waals surface area contributed by atoms with Crippen molar-refractivity contribution < 1.29 is 14.3 Å². The van der Waals surface area contributed by atoms with Crippen molar-refractivity contribution in [3.63, 3.8) is 0 Å². The van der Waals surface area contributed by atoms with Gasteiger partial charge in [-0.2, -0.15) is 0 Å². The summed E-state index contributed by atoms with van der Waals surface area (Å²) in [6.07, 6.45) is 3.35. The van der Waals surface area contributed by atoms with Crippen molar-refractivity contribution in [2.45, 2.75) is 0 Å². The smallest absolute Gasteiger partial charge is 0.259 e. The highest BCUT2D eigenvalue weighted by Crippen LogP contribution is 2.18. The average Bonchev–Trinajstić information content (AvgIpc) is 2.70. The van der Waals surface area contributed by atoms with Crippen molar-refractivity contribution in [2.24, 2.45) is 0 Å². The zero-order valence-corrected chi connectivity index (χ0v) is 15.4. The Morgan fingerprint density at radius 1 is 0.926 bits per heavy atom. The lowest BCUT2D eigenvalue weighted by molar-refractivity contribution is -0.130. The van der Waals surface area contributed by atoms with E-state index in [0.29, 0.717) is 11.3 Å². The molecule has 0 aliphatic heterocycles. The standard InChI is InChI=1S/C23H21NO3/c1-24(2)23(26)16-27-21-9-5-8-20(15-21)22(25)13-11-17-10-12-18-6-3-4-7-19(18)14-17/h3-15H,16H2,1-2H3/b13-11+. The molecule has 4 heteroatoms. The maximum absolute atomic E-state index is 12.5. The van der Waals surface area contributed by atoms with E-state index in [1.54, 1.807) is 50.5 Å². The number of ketones is 1. The summed E-state index contributed by atoms with van der Waals surface area (Å²) in [6.45, 7) is -0.0580. The fourth-order valence-corrected chi connectivity index (χ4v) is 2.59. The number of hydrogen-bond acceptors (Lipinski definition) is 3. The molecule has 0 radical (unpaired) electrons. The third kappa shape index (κ3) is 4.82. The minimum Gasteiger partial charge on any atom is -0.484 e. The molecule has 0 saturated carbocycles. The first-order valence-electron chi connectivity index (χ1n) is 8.67. The van der Waals surface area contributed by atoms with Gasteiger partial charge in [-0.3, -0.25) is 9.59 Å². The molecule has 0 aromatic heterocycles. The van der Waals surface area contributed by atoms with Crippen LogP contribution in [0.5, 0.6) is 5.75 Å². The lowest BCUT2D eigenvalue weighted by atomic mass is 10.1. The number of nitrogens with zero attached hydrogens (tertiary/aromatic N) is 1. The number of amides is 1. The Bertz CT molecular complexity index is 1010. The zero-order chi connectivity index (χ0) is 19.2. The number of likely N-dealkylation sites (N-methyl/N-ethyl adjacent to an activating group) is 1. The van der Waals surface area contributed by atoms with Crippen LogP contribution in [0.1, 0.15) is 15.9 Å². The van der Waals surface area contributed by atoms with Crippen molar-refractivity contribution in [1.29, 1.82) is 0 Å². The molecule has 27 heavy (non-hydrogen) atoms. The second kappa shape index (κ2) is 8.32. The Kier molecular flexibility index (Phi) is 5.67. The van der Waals surface area contributed by atoms with Gasteiger partial charge < -0.3 is 9.64 Å². The van der Waals surface area contributed by atoms with E-state index in [4.69, 9.17) is 4.74 Å². The fourth-order valence-electron chi connectivity index (χ4n) is 2.59. The third-order valence-electron chi connectivity index (χ3n) is 4.18. The van der Waals surface area contributed by atoms with E-state index in [9.17, 15) is 9.59 Å². The molecule has 136 valence electrons. The molecule has 0 fully saturated rings. The van der Waals surface area contributed by atoms with Crippen LogP contribution in [-0.2, 0) is 4.79 Å². The first kappa shape index (κ1) is 18.4. The lowest BCUT2D eigenvalue weighted by Crippen LogP contribution is -2.27. The number of ether oxygens (including phenoxy) is 1. The molecule has 0 aliphatic rings. The second-order valence-corrected chi connectivity index (χ2v) is 6.41. The predicted octanol–water partition coefficient (Wildman–Crippen LogP) is 4.20. The maximum Gasteiger partial charge on any atom is 0.259 e. The Hall–Kier alpha value is -3.40. The maximum atomic E-state index is 12.5. The number of carbonyl (C=O) groups is 2. The van der Waals surface area contributed by atoms with Crippen LogP contribution >= 0.6 is 0 Å². The molecule has 0 aliphatic carbocycles. The molecule has 0 unspecified atom stereocenters. The highest BCUT2D eigenvalue weighted by molar-refractivity contribution is 6.07. The van der Waals surface area contributed by atoms with Gasteiger partial charge in [0.05, 0.1) is 0 Å². The van der Waals surface area contributed by atoms with E-state index < -0.39 is 0 Å². The molecule has 4 nitrogen and oxygen atoms in total. The summed E-state index contributed by atoms with van der Waals surface area (Å²) in [4.78, 5) is 25.5. The van der Waals surface area contributed by atoms with E-state index in [0.717, 1.165) is 16.3 Å². The number of fused-ring (bicyclic) bond motifs is 1. The van der Waals surface area contributed by atoms with Crippen molar-refractivity contribution in [2.75, 3.05) is 20.7 Å². The zero-order valence-electron chi connectivity index (χ0n) is 15.4. The molecular weight excluding hydrogens is 338 g/mol. The van der Waals surface area contributed by atoms with Crippen LogP contribution < -0.4 is 4.74 Å². The number of allylic oxidation sites excluding steroid dienone is 1. The molecule has 3 aromatic rings. The van der Waals surface area contributed by atoms with Gasteiger partial charge in [-0.25, -0.2) is 0 Å². The van der Waals surface area contributed by atoms with E-state index in [2.05, 4.69) is 6.07 Å². The summed E-state index contributed by atoms with van der Waals surface area (Å²) in [7, 11) is 3.34. The number of carbonyl (C=O) groups excluding carboxylic acids is 2. The third-order valence-corrected chi connectivity index (χ3v) is 4.18. The van der Waals surface area contributed by atoms with E-state index >= 15 is 0 Å². The normalized spacial score (nSPS) is 10.9. The predicted molar refractivity (Wildman–Crippen MR) is 108 cm³/mol. The van der Waals surface area contributed by atoms with Crippen LogP contribution in [0.3, 0.4) is 0 Å². The Labute approximate surface area is 158 Å². The van der Waals surface area contributed by atoms with Gasteiger partial charge in [-0.05, 0) is 40.6 Å². The highest BCUT2D eigenvalue weighted by Gasteiger charge is 2.07. The Morgan fingerprint density at radius 2 is 1.70 bits per heavy atom. The quantitative estimate of drug-likeness (QED) is 0.489. The van der Waals surface area contributed by atoms with Gasteiger partial charge in [0.25, 0.3) is 5.91 Å². The van der Waals surface area contributed by atoms with E-state index in [1.165, 1.54) is 4.90 Å². The molecule has 3 aromatic carbocycles. The van der Waals surface area contributed by atoms with Crippen LogP contribution in [0.15, 0.2) is 72.8 Å². The van der Waals surface area contributed by atoms with Gasteiger partial charge in [-0.1, -0.05) is 54.6 Å². The van der Waals surface area contributed by atoms with Crippen LogP contribution in [-0.4, -0.2) is 37.3 Å². The number of rotatable bonds is 6. The second-order valence-electron chi connectivity index (χ2n) is 6.41. The van der Waals surface area contributed by atoms with Gasteiger partial charge >= 0.3 is 0 Å². The molecule has 0 saturated heterocycles. The first-order chi connectivity index (χ1) is 13.0. The molecule has 0 spiro atoms. The van der Waals surface area contributed by atoms with Crippen molar-refractivity contribution >= 4 is 28.5 Å². The topological polar surface area (TPSA) is 46.6 Å². The van der Waals surface area contributed by atoms with E-state index in [1.807, 2.05) is 36.4 Å². The van der Waals surface area contributed by atoms with Crippen LogP contribution in [0.2, 0.25) is 0 Å². The Balaban J connectivity index is 1.70. The van der Waals surface area contributed by atoms with Crippen molar-refractivity contribution in [1.82, 2.24) is 4.90 Å². The monoisotopic (exact) mass is 359 g/mol. The number of benzene rings is 3. The molecule has 3 rings (SSSR count). The average molecular weight is 359 g/mol. The Morgan fingerprint density at radius 3 is 2.48 bits per heavy atom. The summed E-state index contributed by atoms with van der Waals surface area (Å²) >= 11 is 0. The summed E-state index contributed by atoms with van der Waals surface area (Å²) in [6, 6.07) is 21.0. The molecule has 1 amide bonds. The fraction of sp³-hybridized carbons (Fsp3) is 0.130. The van der Waals surface area contributed by atoms with Crippen molar-refractivity contribution in [3.8, 4) is 5.75 Å². The summed E-state index contributed by atoms with van der Waals surface area (Å²) in [5, 5.41) is 2.30. The SMILES string of the molecule is CN(C)C(=O)COc1cccc(C(=O)/C=C/c2ccc3ccccc3c2)c1. The van der Waals surface area contributed by atoms with Gasteiger partial charge in [0.2, 0.25) is 0 Å². The van der Waals surface area contributed by atoms with Crippen LogP contribution in [0.4, 0.5) is 0 Å². The van der Waals surface area contributed by atoms with Gasteiger partial charge in [-0.15, -0.1) is 0 Å².